The number of hydrogen-bond acceptors (Lipinski definition) is 2. The molecule has 0 aliphatic carbocycles. The number of rotatable bonds is 7. The second-order valence-corrected chi connectivity index (χ2v) is 5.79. The third-order valence-electron chi connectivity index (χ3n) is 3.31. The van der Waals surface area contributed by atoms with Crippen molar-refractivity contribution in [2.24, 2.45) is 5.92 Å². The minimum Gasteiger partial charge on any atom is -0.494 e. The molecule has 0 atom stereocenters. The monoisotopic (exact) mass is 309 g/mol. The average Bonchev–Trinajstić information content (AvgIpc) is 2.55. The van der Waals surface area contributed by atoms with Crippen LogP contribution in [0, 0.1) is 5.92 Å². The fraction of sp³-hybridized carbons (Fsp3) is 0.250. The third-order valence-corrected chi connectivity index (χ3v) is 3.31. The van der Waals surface area contributed by atoms with Crippen LogP contribution in [0.25, 0.3) is 6.08 Å². The molecule has 1 N–H and O–H groups in total. The van der Waals surface area contributed by atoms with Gasteiger partial charge in [-0.05, 0) is 48.2 Å². The zero-order chi connectivity index (χ0) is 16.5. The van der Waals surface area contributed by atoms with E-state index < -0.39 is 0 Å². The first-order valence-corrected chi connectivity index (χ1v) is 7.90. The Kier molecular flexibility index (Phi) is 6.42. The van der Waals surface area contributed by atoms with Gasteiger partial charge < -0.3 is 10.1 Å². The number of nitrogens with one attached hydrogen (secondary N) is 1. The van der Waals surface area contributed by atoms with Crippen LogP contribution < -0.4 is 10.1 Å². The normalized spacial score (nSPS) is 10.9. The minimum absolute atomic E-state index is 0.151. The third kappa shape index (κ3) is 6.39. The van der Waals surface area contributed by atoms with Gasteiger partial charge in [0.1, 0.15) is 5.75 Å². The lowest BCUT2D eigenvalue weighted by Gasteiger charge is -2.09. The molecular weight excluding hydrogens is 286 g/mol. The summed E-state index contributed by atoms with van der Waals surface area (Å²) >= 11 is 0. The number of carbonyl (C=O) groups is 1. The largest absolute Gasteiger partial charge is 0.494 e. The van der Waals surface area contributed by atoms with Gasteiger partial charge in [-0.25, -0.2) is 0 Å². The highest BCUT2D eigenvalue weighted by Gasteiger charge is 2.00. The first-order chi connectivity index (χ1) is 11.1. The van der Waals surface area contributed by atoms with Gasteiger partial charge in [-0.2, -0.15) is 0 Å². The van der Waals surface area contributed by atoms with Crippen LogP contribution in [0.5, 0.6) is 5.75 Å². The summed E-state index contributed by atoms with van der Waals surface area (Å²) in [6, 6.07) is 17.2. The van der Waals surface area contributed by atoms with Gasteiger partial charge in [-0.15, -0.1) is 0 Å². The highest BCUT2D eigenvalue weighted by molar-refractivity contribution is 6.01. The molecule has 0 aromatic heterocycles. The number of anilines is 1. The fourth-order valence-electron chi connectivity index (χ4n) is 1.97. The van der Waals surface area contributed by atoms with E-state index in [0.717, 1.165) is 23.4 Å². The number of amides is 1. The summed E-state index contributed by atoms with van der Waals surface area (Å²) in [5.74, 6) is 1.30. The molecule has 1 amide bonds. The zero-order valence-corrected chi connectivity index (χ0v) is 13.7. The molecule has 0 radical (unpaired) electrons. The Bertz CT molecular complexity index is 630. The molecule has 0 fully saturated rings. The lowest BCUT2D eigenvalue weighted by Crippen LogP contribution is -2.07. The summed E-state index contributed by atoms with van der Waals surface area (Å²) < 4.78 is 5.66. The Labute approximate surface area is 138 Å². The molecule has 23 heavy (non-hydrogen) atoms. The van der Waals surface area contributed by atoms with Gasteiger partial charge in [0.2, 0.25) is 5.91 Å². The second-order valence-electron chi connectivity index (χ2n) is 5.79. The van der Waals surface area contributed by atoms with Gasteiger partial charge in [-0.1, -0.05) is 44.2 Å². The molecule has 3 nitrogen and oxygen atoms in total. The zero-order valence-electron chi connectivity index (χ0n) is 13.7. The predicted molar refractivity (Wildman–Crippen MR) is 95.5 cm³/mol. The SMILES string of the molecule is CC(C)CCOc1ccc(NC(=O)/C=C/c2ccccc2)cc1. The number of carbonyl (C=O) groups excluding carboxylic acids is 1. The summed E-state index contributed by atoms with van der Waals surface area (Å²) in [6.07, 6.45) is 4.35. The van der Waals surface area contributed by atoms with Gasteiger partial charge in [0.15, 0.2) is 0 Å². The van der Waals surface area contributed by atoms with E-state index in [9.17, 15) is 4.79 Å². The standard InChI is InChI=1S/C20H23NO2/c1-16(2)14-15-23-19-11-9-18(10-12-19)21-20(22)13-8-17-6-4-3-5-7-17/h3-13,16H,14-15H2,1-2H3,(H,21,22)/b13-8+. The van der Waals surface area contributed by atoms with Crippen LogP contribution in [0.4, 0.5) is 5.69 Å². The molecule has 0 spiro atoms. The van der Waals surface area contributed by atoms with E-state index >= 15 is 0 Å². The van der Waals surface area contributed by atoms with Crippen molar-refractivity contribution in [2.75, 3.05) is 11.9 Å². The first-order valence-electron chi connectivity index (χ1n) is 7.90. The highest BCUT2D eigenvalue weighted by Crippen LogP contribution is 2.16. The van der Waals surface area contributed by atoms with Gasteiger partial charge >= 0.3 is 0 Å². The van der Waals surface area contributed by atoms with E-state index in [1.807, 2.05) is 54.6 Å². The van der Waals surface area contributed by atoms with Crippen molar-refractivity contribution in [3.63, 3.8) is 0 Å². The van der Waals surface area contributed by atoms with Crippen LogP contribution >= 0.6 is 0 Å². The van der Waals surface area contributed by atoms with Gasteiger partial charge in [-0.3, -0.25) is 4.79 Å². The van der Waals surface area contributed by atoms with Crippen LogP contribution in [0.3, 0.4) is 0 Å². The molecule has 0 saturated heterocycles. The van der Waals surface area contributed by atoms with Crippen molar-refractivity contribution in [2.45, 2.75) is 20.3 Å². The van der Waals surface area contributed by atoms with Crippen LogP contribution in [-0.4, -0.2) is 12.5 Å². The molecule has 120 valence electrons. The van der Waals surface area contributed by atoms with Crippen molar-refractivity contribution < 1.29 is 9.53 Å². The van der Waals surface area contributed by atoms with E-state index in [1.54, 1.807) is 6.08 Å². The Morgan fingerprint density at radius 1 is 1.09 bits per heavy atom. The Morgan fingerprint density at radius 3 is 2.43 bits per heavy atom. The molecule has 0 heterocycles. The first kappa shape index (κ1) is 16.8. The van der Waals surface area contributed by atoms with E-state index in [4.69, 9.17) is 4.74 Å². The fourth-order valence-corrected chi connectivity index (χ4v) is 1.97. The summed E-state index contributed by atoms with van der Waals surface area (Å²) in [5, 5.41) is 2.83. The topological polar surface area (TPSA) is 38.3 Å². The Hall–Kier alpha value is -2.55. The van der Waals surface area contributed by atoms with Crippen LogP contribution in [0.2, 0.25) is 0 Å². The van der Waals surface area contributed by atoms with E-state index in [1.165, 1.54) is 6.08 Å². The molecule has 0 aliphatic rings. The smallest absolute Gasteiger partial charge is 0.248 e. The van der Waals surface area contributed by atoms with Crippen molar-refractivity contribution >= 4 is 17.7 Å². The lowest BCUT2D eigenvalue weighted by molar-refractivity contribution is -0.111. The average molecular weight is 309 g/mol. The summed E-state index contributed by atoms with van der Waals surface area (Å²) in [7, 11) is 0. The van der Waals surface area contributed by atoms with E-state index in [-0.39, 0.29) is 5.91 Å². The second kappa shape index (κ2) is 8.79. The Morgan fingerprint density at radius 2 is 1.78 bits per heavy atom. The quantitative estimate of drug-likeness (QED) is 0.749. The van der Waals surface area contributed by atoms with Crippen molar-refractivity contribution in [3.05, 3.63) is 66.2 Å². The molecule has 0 aliphatic heterocycles. The molecular formula is C20H23NO2. The van der Waals surface area contributed by atoms with Crippen LogP contribution in [0.15, 0.2) is 60.7 Å². The maximum Gasteiger partial charge on any atom is 0.248 e. The number of ether oxygens (including phenoxy) is 1. The summed E-state index contributed by atoms with van der Waals surface area (Å²) in [4.78, 5) is 11.9. The maximum atomic E-state index is 11.9. The van der Waals surface area contributed by atoms with Crippen LogP contribution in [-0.2, 0) is 4.79 Å². The highest BCUT2D eigenvalue weighted by atomic mass is 16.5. The minimum atomic E-state index is -0.151. The van der Waals surface area contributed by atoms with Gasteiger partial charge in [0, 0.05) is 11.8 Å². The molecule has 2 aromatic rings. The number of benzene rings is 2. The van der Waals surface area contributed by atoms with Crippen molar-refractivity contribution in [3.8, 4) is 5.75 Å². The van der Waals surface area contributed by atoms with E-state index in [0.29, 0.717) is 12.5 Å². The molecule has 0 bridgehead atoms. The number of hydrogen-bond donors (Lipinski definition) is 1. The molecule has 2 rings (SSSR count). The summed E-state index contributed by atoms with van der Waals surface area (Å²) in [6.45, 7) is 5.05. The maximum absolute atomic E-state index is 11.9. The van der Waals surface area contributed by atoms with E-state index in [2.05, 4.69) is 19.2 Å². The predicted octanol–water partition coefficient (Wildman–Crippen LogP) is 4.76. The van der Waals surface area contributed by atoms with Crippen molar-refractivity contribution in [1.29, 1.82) is 0 Å². The molecule has 0 saturated carbocycles. The summed E-state index contributed by atoms with van der Waals surface area (Å²) in [5.41, 5.74) is 1.75. The van der Waals surface area contributed by atoms with Gasteiger partial charge in [0.05, 0.1) is 6.61 Å². The van der Waals surface area contributed by atoms with Crippen LogP contribution in [0.1, 0.15) is 25.8 Å². The molecule has 0 unspecified atom stereocenters. The molecule has 2 aromatic carbocycles. The van der Waals surface area contributed by atoms with Crippen molar-refractivity contribution in [1.82, 2.24) is 0 Å². The Balaban J connectivity index is 1.83. The lowest BCUT2D eigenvalue weighted by atomic mass is 10.1. The molecule has 3 heteroatoms. The van der Waals surface area contributed by atoms with Gasteiger partial charge in [0.25, 0.3) is 0 Å².